The lowest BCUT2D eigenvalue weighted by Crippen LogP contribution is -1.87. The second kappa shape index (κ2) is 6.10. The second-order valence-corrected chi connectivity index (χ2v) is 6.61. The second-order valence-electron chi connectivity index (χ2n) is 4.54. The maximum Gasteiger partial charge on any atom is 0.0220 e. The summed E-state index contributed by atoms with van der Waals surface area (Å²) in [6, 6.07) is 25.5. The van der Waals surface area contributed by atoms with E-state index in [2.05, 4.69) is 111 Å². The van der Waals surface area contributed by atoms with Gasteiger partial charge in [0.25, 0.3) is 0 Å². The van der Waals surface area contributed by atoms with Gasteiger partial charge in [0.1, 0.15) is 0 Å². The minimum atomic E-state index is 1.11. The molecule has 0 N–H and O–H groups in total. The van der Waals surface area contributed by atoms with Gasteiger partial charge in [-0.1, -0.05) is 76.6 Å². The Morgan fingerprint density at radius 1 is 0.650 bits per heavy atom. The van der Waals surface area contributed by atoms with Crippen LogP contribution < -0.4 is 0 Å². The molecule has 3 aromatic rings. The number of rotatable bonds is 2. The Bertz CT molecular complexity index is 735. The number of halogens is 2. The first kappa shape index (κ1) is 13.8. The van der Waals surface area contributed by atoms with Gasteiger partial charge < -0.3 is 0 Å². The molecule has 0 aliphatic carbocycles. The van der Waals surface area contributed by atoms with Crippen LogP contribution in [0, 0.1) is 3.57 Å². The Labute approximate surface area is 141 Å². The van der Waals surface area contributed by atoms with Crippen molar-refractivity contribution in [3.05, 3.63) is 80.8 Å². The van der Waals surface area contributed by atoms with E-state index in [4.69, 9.17) is 0 Å². The van der Waals surface area contributed by atoms with Gasteiger partial charge in [-0.2, -0.15) is 0 Å². The molecule has 3 rings (SSSR count). The third-order valence-electron chi connectivity index (χ3n) is 3.23. The molecular weight excluding hydrogens is 423 g/mol. The third-order valence-corrected chi connectivity index (χ3v) is 4.62. The van der Waals surface area contributed by atoms with E-state index in [1.165, 1.54) is 25.8 Å². The predicted molar refractivity (Wildman–Crippen MR) is 97.7 cm³/mol. The molecule has 0 aliphatic rings. The molecule has 0 fully saturated rings. The van der Waals surface area contributed by atoms with E-state index >= 15 is 0 Å². The van der Waals surface area contributed by atoms with Gasteiger partial charge in [-0.05, 0) is 57.0 Å². The first-order valence-corrected chi connectivity index (χ1v) is 8.23. The fourth-order valence-electron chi connectivity index (χ4n) is 2.30. The van der Waals surface area contributed by atoms with Gasteiger partial charge in [0.2, 0.25) is 0 Å². The average Bonchev–Trinajstić information content (AvgIpc) is 2.48. The molecule has 0 spiro atoms. The Morgan fingerprint density at radius 3 is 2.00 bits per heavy atom. The van der Waals surface area contributed by atoms with Gasteiger partial charge in [0, 0.05) is 8.04 Å². The maximum atomic E-state index is 3.53. The van der Waals surface area contributed by atoms with Crippen LogP contribution in [0.1, 0.15) is 0 Å². The van der Waals surface area contributed by atoms with Crippen LogP contribution in [0.15, 0.2) is 77.3 Å². The van der Waals surface area contributed by atoms with Crippen molar-refractivity contribution < 1.29 is 0 Å². The number of hydrogen-bond acceptors (Lipinski definition) is 0. The smallest absolute Gasteiger partial charge is 0.0220 e. The van der Waals surface area contributed by atoms with E-state index in [9.17, 15) is 0 Å². The van der Waals surface area contributed by atoms with E-state index in [1.807, 2.05) is 0 Å². The molecule has 2 heteroatoms. The first-order valence-electron chi connectivity index (χ1n) is 6.35. The highest BCUT2D eigenvalue weighted by atomic mass is 127. The summed E-state index contributed by atoms with van der Waals surface area (Å²) in [6.45, 7) is 0. The zero-order valence-electron chi connectivity index (χ0n) is 10.7. The van der Waals surface area contributed by atoms with Gasteiger partial charge in [0.15, 0.2) is 0 Å². The molecule has 98 valence electrons. The largest absolute Gasteiger partial charge is 0.0622 e. The molecule has 0 aromatic heterocycles. The van der Waals surface area contributed by atoms with Crippen LogP contribution in [0.5, 0.6) is 0 Å². The molecule has 0 amide bonds. The lowest BCUT2D eigenvalue weighted by molar-refractivity contribution is 1.54. The molecule has 3 aromatic carbocycles. The minimum Gasteiger partial charge on any atom is -0.0622 e. The van der Waals surface area contributed by atoms with Gasteiger partial charge in [-0.25, -0.2) is 0 Å². The number of benzene rings is 3. The van der Waals surface area contributed by atoms with E-state index in [0.717, 1.165) is 4.47 Å². The van der Waals surface area contributed by atoms with Crippen molar-refractivity contribution >= 4 is 38.5 Å². The molecule has 0 aliphatic heterocycles. The zero-order chi connectivity index (χ0) is 13.9. The van der Waals surface area contributed by atoms with Crippen LogP contribution in [0.4, 0.5) is 0 Å². The topological polar surface area (TPSA) is 0 Å². The summed E-state index contributed by atoms with van der Waals surface area (Å²) < 4.78 is 2.36. The summed E-state index contributed by atoms with van der Waals surface area (Å²) >= 11 is 5.92. The van der Waals surface area contributed by atoms with Crippen LogP contribution in [0.2, 0.25) is 0 Å². The predicted octanol–water partition coefficient (Wildman–Crippen LogP) is 6.39. The van der Waals surface area contributed by atoms with Crippen molar-refractivity contribution in [1.29, 1.82) is 0 Å². The van der Waals surface area contributed by atoms with Crippen LogP contribution in [-0.2, 0) is 0 Å². The summed E-state index contributed by atoms with van der Waals surface area (Å²) in [6.07, 6.45) is 0. The molecular formula is C18H12BrI. The van der Waals surface area contributed by atoms with Crippen molar-refractivity contribution in [3.8, 4) is 22.3 Å². The lowest BCUT2D eigenvalue weighted by atomic mass is 9.95. The van der Waals surface area contributed by atoms with Gasteiger partial charge >= 0.3 is 0 Å². The number of hydrogen-bond donors (Lipinski definition) is 0. The van der Waals surface area contributed by atoms with Crippen LogP contribution >= 0.6 is 38.5 Å². The fraction of sp³-hybridized carbons (Fsp3) is 0. The SMILES string of the molecule is Brc1ccc(-c2ccccc2-c2ccccc2)c(I)c1. The van der Waals surface area contributed by atoms with E-state index in [-0.39, 0.29) is 0 Å². The lowest BCUT2D eigenvalue weighted by Gasteiger charge is -2.12. The van der Waals surface area contributed by atoms with Crippen molar-refractivity contribution in [2.75, 3.05) is 0 Å². The molecule has 0 unspecified atom stereocenters. The Hall–Kier alpha value is -1.13. The van der Waals surface area contributed by atoms with E-state index in [1.54, 1.807) is 0 Å². The van der Waals surface area contributed by atoms with Crippen molar-refractivity contribution in [2.24, 2.45) is 0 Å². The van der Waals surface area contributed by atoms with E-state index in [0.29, 0.717) is 0 Å². The van der Waals surface area contributed by atoms with Crippen molar-refractivity contribution in [3.63, 3.8) is 0 Å². The summed E-state index contributed by atoms with van der Waals surface area (Å²) in [7, 11) is 0. The molecule has 0 bridgehead atoms. The molecule has 20 heavy (non-hydrogen) atoms. The third kappa shape index (κ3) is 2.81. The molecule has 0 saturated heterocycles. The normalized spacial score (nSPS) is 10.5. The van der Waals surface area contributed by atoms with Gasteiger partial charge in [0.05, 0.1) is 0 Å². The highest BCUT2D eigenvalue weighted by Crippen LogP contribution is 2.35. The quantitative estimate of drug-likeness (QED) is 0.410. The molecule has 0 saturated carbocycles. The monoisotopic (exact) mass is 434 g/mol. The Morgan fingerprint density at radius 2 is 1.30 bits per heavy atom. The van der Waals surface area contributed by atoms with Crippen LogP contribution in [0.3, 0.4) is 0 Å². The minimum absolute atomic E-state index is 1.11. The first-order chi connectivity index (χ1) is 9.75. The molecule has 0 nitrogen and oxygen atoms in total. The highest BCUT2D eigenvalue weighted by Gasteiger charge is 2.09. The highest BCUT2D eigenvalue weighted by molar-refractivity contribution is 14.1. The Kier molecular flexibility index (Phi) is 4.22. The van der Waals surface area contributed by atoms with Gasteiger partial charge in [-0.3, -0.25) is 0 Å². The Balaban J connectivity index is 2.20. The summed E-state index contributed by atoms with van der Waals surface area (Å²) in [5.41, 5.74) is 5.07. The molecule has 0 atom stereocenters. The summed E-state index contributed by atoms with van der Waals surface area (Å²) in [5, 5.41) is 0. The maximum absolute atomic E-state index is 3.53. The molecule has 0 heterocycles. The van der Waals surface area contributed by atoms with Crippen molar-refractivity contribution in [2.45, 2.75) is 0 Å². The summed E-state index contributed by atoms with van der Waals surface area (Å²) in [5.74, 6) is 0. The van der Waals surface area contributed by atoms with Crippen LogP contribution in [0.25, 0.3) is 22.3 Å². The van der Waals surface area contributed by atoms with Crippen LogP contribution in [-0.4, -0.2) is 0 Å². The van der Waals surface area contributed by atoms with Gasteiger partial charge in [-0.15, -0.1) is 0 Å². The fourth-order valence-corrected chi connectivity index (χ4v) is 3.89. The molecule has 0 radical (unpaired) electrons. The van der Waals surface area contributed by atoms with Crippen molar-refractivity contribution in [1.82, 2.24) is 0 Å². The van der Waals surface area contributed by atoms with E-state index < -0.39 is 0 Å². The standard InChI is InChI=1S/C18H12BrI/c19-14-10-11-17(18(20)12-14)16-9-5-4-8-15(16)13-6-2-1-3-7-13/h1-12H. The summed E-state index contributed by atoms with van der Waals surface area (Å²) in [4.78, 5) is 0. The average molecular weight is 435 g/mol. The zero-order valence-corrected chi connectivity index (χ0v) is 14.4.